The highest BCUT2D eigenvalue weighted by Gasteiger charge is 2.21. The number of aromatic nitrogens is 1. The van der Waals surface area contributed by atoms with Gasteiger partial charge in [0.1, 0.15) is 0 Å². The van der Waals surface area contributed by atoms with Crippen molar-refractivity contribution in [3.63, 3.8) is 0 Å². The van der Waals surface area contributed by atoms with Crippen LogP contribution in [0, 0.1) is 23.6 Å². The fraction of sp³-hybridized carbons (Fsp3) is 0.500. The third-order valence-corrected chi connectivity index (χ3v) is 5.64. The highest BCUT2D eigenvalue weighted by Crippen LogP contribution is 2.37. The minimum absolute atomic E-state index is 0.113. The molecular formula is C22H26F3N. The Labute approximate surface area is 153 Å². The molecule has 1 aromatic carbocycles. The maximum absolute atomic E-state index is 13.6. The number of hydrogen-bond acceptors (Lipinski definition) is 1. The molecule has 1 saturated carbocycles. The molecule has 1 aromatic heterocycles. The largest absolute Gasteiger partial charge is 0.251 e. The molecule has 3 rings (SSSR count). The first-order valence-electron chi connectivity index (χ1n) is 9.66. The van der Waals surface area contributed by atoms with Gasteiger partial charge in [0.05, 0.1) is 0 Å². The topological polar surface area (TPSA) is 12.9 Å². The van der Waals surface area contributed by atoms with Crippen molar-refractivity contribution in [3.8, 4) is 0 Å². The van der Waals surface area contributed by atoms with E-state index in [9.17, 15) is 13.2 Å². The smallest absolute Gasteiger partial charge is 0.202 e. The Kier molecular flexibility index (Phi) is 6.33. The van der Waals surface area contributed by atoms with Crippen molar-refractivity contribution in [1.82, 2.24) is 4.98 Å². The predicted octanol–water partition coefficient (Wildman–Crippen LogP) is 6.36. The van der Waals surface area contributed by atoms with E-state index in [1.165, 1.54) is 44.1 Å². The fourth-order valence-corrected chi connectivity index (χ4v) is 4.09. The van der Waals surface area contributed by atoms with E-state index in [-0.39, 0.29) is 5.56 Å². The first kappa shape index (κ1) is 18.9. The minimum Gasteiger partial charge on any atom is -0.202 e. The van der Waals surface area contributed by atoms with Gasteiger partial charge in [-0.05, 0) is 67.6 Å². The molecule has 0 aliphatic heterocycles. The molecule has 0 atom stereocenters. The molecule has 0 saturated heterocycles. The molecule has 26 heavy (non-hydrogen) atoms. The second-order valence-corrected chi connectivity index (χ2v) is 7.46. The molecule has 1 aliphatic rings. The Balaban J connectivity index is 1.56. The molecule has 0 bridgehead atoms. The summed E-state index contributed by atoms with van der Waals surface area (Å²) in [6, 6.07) is 9.37. The molecule has 1 aliphatic carbocycles. The molecule has 1 fully saturated rings. The molecule has 0 N–H and O–H groups in total. The standard InChI is InChI=1S/C22H26F3N/c1-2-3-15-4-9-17(10-5-15)18-11-6-16(7-12-18)8-13-19-14-20(23)22(25)26-21(19)24/h6-7,11-12,14-15,17H,2-5,8-10,13H2,1H3. The van der Waals surface area contributed by atoms with Crippen molar-refractivity contribution in [2.75, 3.05) is 0 Å². The monoisotopic (exact) mass is 361 g/mol. The van der Waals surface area contributed by atoms with E-state index in [0.717, 1.165) is 17.5 Å². The van der Waals surface area contributed by atoms with Crippen LogP contribution in [0.3, 0.4) is 0 Å². The van der Waals surface area contributed by atoms with Gasteiger partial charge in [-0.2, -0.15) is 13.8 Å². The SMILES string of the molecule is CCCC1CCC(c2ccc(CCc3cc(F)c(F)nc3F)cc2)CC1. The fourth-order valence-electron chi connectivity index (χ4n) is 4.09. The number of pyridine rings is 1. The van der Waals surface area contributed by atoms with Crippen LogP contribution in [0.25, 0.3) is 0 Å². The van der Waals surface area contributed by atoms with Gasteiger partial charge in [-0.1, -0.05) is 44.0 Å². The van der Waals surface area contributed by atoms with Crippen molar-refractivity contribution in [2.45, 2.75) is 64.2 Å². The predicted molar refractivity (Wildman–Crippen MR) is 97.6 cm³/mol. The van der Waals surface area contributed by atoms with Gasteiger partial charge in [-0.15, -0.1) is 0 Å². The van der Waals surface area contributed by atoms with Gasteiger partial charge >= 0.3 is 0 Å². The first-order chi connectivity index (χ1) is 12.6. The second-order valence-electron chi connectivity index (χ2n) is 7.46. The number of hydrogen-bond donors (Lipinski definition) is 0. The van der Waals surface area contributed by atoms with Crippen LogP contribution in [-0.4, -0.2) is 4.98 Å². The highest BCUT2D eigenvalue weighted by atomic mass is 19.2. The lowest BCUT2D eigenvalue weighted by atomic mass is 9.77. The van der Waals surface area contributed by atoms with E-state index in [0.29, 0.717) is 18.8 Å². The number of nitrogens with zero attached hydrogens (tertiary/aromatic N) is 1. The molecule has 1 heterocycles. The summed E-state index contributed by atoms with van der Waals surface area (Å²) in [7, 11) is 0. The normalized spacial score (nSPS) is 20.3. The summed E-state index contributed by atoms with van der Waals surface area (Å²) in [6.07, 6.45) is 8.67. The average Bonchev–Trinajstić information content (AvgIpc) is 2.65. The second kappa shape index (κ2) is 8.70. The summed E-state index contributed by atoms with van der Waals surface area (Å²) < 4.78 is 39.7. The Bertz CT molecular complexity index is 719. The lowest BCUT2D eigenvalue weighted by molar-refractivity contribution is 0.308. The zero-order chi connectivity index (χ0) is 18.5. The third kappa shape index (κ3) is 4.66. The van der Waals surface area contributed by atoms with Gasteiger partial charge in [0, 0.05) is 5.56 Å². The van der Waals surface area contributed by atoms with Crippen LogP contribution in [0.15, 0.2) is 30.3 Å². The molecule has 1 nitrogen and oxygen atoms in total. The molecule has 0 radical (unpaired) electrons. The van der Waals surface area contributed by atoms with Crippen molar-refractivity contribution >= 4 is 0 Å². The summed E-state index contributed by atoms with van der Waals surface area (Å²) >= 11 is 0. The Morgan fingerprint density at radius 2 is 1.62 bits per heavy atom. The zero-order valence-corrected chi connectivity index (χ0v) is 15.3. The highest BCUT2D eigenvalue weighted by molar-refractivity contribution is 5.27. The summed E-state index contributed by atoms with van der Waals surface area (Å²) in [5.74, 6) is -1.87. The molecule has 0 unspecified atom stereocenters. The van der Waals surface area contributed by atoms with Gasteiger partial charge in [0.2, 0.25) is 5.95 Å². The molecule has 0 spiro atoms. The van der Waals surface area contributed by atoms with Gasteiger partial charge in [-0.25, -0.2) is 4.39 Å². The van der Waals surface area contributed by atoms with Crippen molar-refractivity contribution in [2.24, 2.45) is 5.92 Å². The van der Waals surface area contributed by atoms with E-state index in [1.54, 1.807) is 0 Å². The lowest BCUT2D eigenvalue weighted by Crippen LogP contribution is -2.13. The van der Waals surface area contributed by atoms with E-state index >= 15 is 0 Å². The van der Waals surface area contributed by atoms with E-state index in [2.05, 4.69) is 36.2 Å². The van der Waals surface area contributed by atoms with Crippen molar-refractivity contribution < 1.29 is 13.2 Å². The first-order valence-corrected chi connectivity index (χ1v) is 9.66. The van der Waals surface area contributed by atoms with Gasteiger partial charge in [0.15, 0.2) is 5.82 Å². The molecule has 4 heteroatoms. The number of halogens is 3. The van der Waals surface area contributed by atoms with Crippen LogP contribution in [0.1, 0.15) is 68.1 Å². The summed E-state index contributed by atoms with van der Waals surface area (Å²) in [6.45, 7) is 2.26. The van der Waals surface area contributed by atoms with Crippen LogP contribution in [0.4, 0.5) is 13.2 Å². The Morgan fingerprint density at radius 3 is 2.27 bits per heavy atom. The van der Waals surface area contributed by atoms with E-state index < -0.39 is 17.7 Å². The van der Waals surface area contributed by atoms with Gasteiger partial charge < -0.3 is 0 Å². The van der Waals surface area contributed by atoms with E-state index in [1.807, 2.05) is 0 Å². The maximum Gasteiger partial charge on any atom is 0.251 e. The molecule has 2 aromatic rings. The number of aryl methyl sites for hydroxylation is 2. The zero-order valence-electron chi connectivity index (χ0n) is 15.3. The van der Waals surface area contributed by atoms with Gasteiger partial charge in [-0.3, -0.25) is 0 Å². The Hall–Kier alpha value is -1.84. The van der Waals surface area contributed by atoms with Gasteiger partial charge in [0.25, 0.3) is 5.95 Å². The van der Waals surface area contributed by atoms with Crippen LogP contribution >= 0.6 is 0 Å². The Morgan fingerprint density at radius 1 is 0.923 bits per heavy atom. The van der Waals surface area contributed by atoms with Crippen LogP contribution in [0.5, 0.6) is 0 Å². The van der Waals surface area contributed by atoms with Crippen LogP contribution < -0.4 is 0 Å². The quantitative estimate of drug-likeness (QED) is 0.546. The number of rotatable bonds is 6. The molecular weight excluding hydrogens is 335 g/mol. The molecule has 140 valence electrons. The third-order valence-electron chi connectivity index (χ3n) is 5.64. The lowest BCUT2D eigenvalue weighted by Gasteiger charge is -2.28. The maximum atomic E-state index is 13.6. The van der Waals surface area contributed by atoms with Crippen LogP contribution in [0.2, 0.25) is 0 Å². The summed E-state index contributed by atoms with van der Waals surface area (Å²) in [5, 5.41) is 0. The number of benzene rings is 1. The summed E-state index contributed by atoms with van der Waals surface area (Å²) in [4.78, 5) is 2.97. The van der Waals surface area contributed by atoms with Crippen LogP contribution in [-0.2, 0) is 12.8 Å². The minimum atomic E-state index is -1.38. The van der Waals surface area contributed by atoms with Crippen molar-refractivity contribution in [1.29, 1.82) is 0 Å². The average molecular weight is 361 g/mol. The molecule has 0 amide bonds. The van der Waals surface area contributed by atoms with E-state index in [4.69, 9.17) is 0 Å². The summed E-state index contributed by atoms with van der Waals surface area (Å²) in [5.41, 5.74) is 2.56. The van der Waals surface area contributed by atoms with Crippen molar-refractivity contribution in [3.05, 3.63) is 64.7 Å².